The predicted octanol–water partition coefficient (Wildman–Crippen LogP) is 4.53. The van der Waals surface area contributed by atoms with Gasteiger partial charge in [-0.25, -0.2) is 4.98 Å². The first-order valence-electron chi connectivity index (χ1n) is 6.17. The van der Waals surface area contributed by atoms with Crippen LogP contribution in [-0.2, 0) is 0 Å². The molecular formula is C15H11ClN2O2S. The monoisotopic (exact) mass is 318 g/mol. The number of hydrogen-bond donors (Lipinski definition) is 1. The van der Waals surface area contributed by atoms with Crippen LogP contribution in [0.15, 0.2) is 36.5 Å². The Balaban J connectivity index is 2.07. The van der Waals surface area contributed by atoms with Gasteiger partial charge in [0.2, 0.25) is 0 Å². The van der Waals surface area contributed by atoms with Crippen molar-refractivity contribution in [2.24, 2.45) is 0 Å². The SMILES string of the molecule is CC(=O)c1cc2c(Oc3ccc(Cl)cc3)cnc(N)c2s1. The summed E-state index contributed by atoms with van der Waals surface area (Å²) in [5.41, 5.74) is 5.87. The molecule has 0 unspecified atom stereocenters. The number of nitrogen functional groups attached to an aromatic ring is 1. The van der Waals surface area contributed by atoms with Gasteiger partial charge in [-0.2, -0.15) is 0 Å². The number of rotatable bonds is 3. The number of thiophene rings is 1. The summed E-state index contributed by atoms with van der Waals surface area (Å²) in [7, 11) is 0. The van der Waals surface area contributed by atoms with Gasteiger partial charge in [-0.15, -0.1) is 11.3 Å². The van der Waals surface area contributed by atoms with E-state index in [0.717, 1.165) is 10.1 Å². The minimum absolute atomic E-state index is 0.00644. The molecule has 0 fully saturated rings. The van der Waals surface area contributed by atoms with Crippen LogP contribution >= 0.6 is 22.9 Å². The van der Waals surface area contributed by atoms with Gasteiger partial charge in [0, 0.05) is 10.4 Å². The fourth-order valence-electron chi connectivity index (χ4n) is 1.91. The Morgan fingerprint density at radius 3 is 2.71 bits per heavy atom. The number of ketones is 1. The Labute approximate surface area is 130 Å². The molecule has 0 radical (unpaired) electrons. The van der Waals surface area contributed by atoms with E-state index in [1.165, 1.54) is 18.3 Å². The summed E-state index contributed by atoms with van der Waals surface area (Å²) in [5, 5.41) is 1.42. The second-order valence-corrected chi connectivity index (χ2v) is 5.96. The lowest BCUT2D eigenvalue weighted by molar-refractivity contribution is 0.102. The Kier molecular flexibility index (Phi) is 3.53. The molecule has 2 N–H and O–H groups in total. The minimum atomic E-state index is -0.00644. The third kappa shape index (κ3) is 2.70. The van der Waals surface area contributed by atoms with Gasteiger partial charge in [-0.05, 0) is 37.3 Å². The number of benzene rings is 1. The van der Waals surface area contributed by atoms with Crippen molar-refractivity contribution in [1.82, 2.24) is 4.98 Å². The smallest absolute Gasteiger partial charge is 0.169 e. The Hall–Kier alpha value is -2.11. The van der Waals surface area contributed by atoms with E-state index in [1.807, 2.05) is 0 Å². The normalized spacial score (nSPS) is 10.8. The number of hydrogen-bond acceptors (Lipinski definition) is 5. The van der Waals surface area contributed by atoms with Crippen molar-refractivity contribution in [3.8, 4) is 11.5 Å². The summed E-state index contributed by atoms with van der Waals surface area (Å²) in [4.78, 5) is 16.3. The van der Waals surface area contributed by atoms with E-state index in [2.05, 4.69) is 4.98 Å². The zero-order valence-corrected chi connectivity index (χ0v) is 12.7. The maximum atomic E-state index is 11.5. The second-order valence-electron chi connectivity index (χ2n) is 4.47. The Morgan fingerprint density at radius 1 is 1.33 bits per heavy atom. The van der Waals surface area contributed by atoms with Crippen LogP contribution in [0.4, 0.5) is 5.82 Å². The third-order valence-corrected chi connectivity index (χ3v) is 4.45. The molecule has 0 atom stereocenters. The van der Waals surface area contributed by atoms with E-state index in [9.17, 15) is 4.79 Å². The van der Waals surface area contributed by atoms with Crippen LogP contribution in [0.25, 0.3) is 10.1 Å². The van der Waals surface area contributed by atoms with Gasteiger partial charge < -0.3 is 10.5 Å². The number of halogens is 1. The van der Waals surface area contributed by atoms with Crippen molar-refractivity contribution >= 4 is 44.6 Å². The number of fused-ring (bicyclic) bond motifs is 1. The molecule has 6 heteroatoms. The van der Waals surface area contributed by atoms with Crippen molar-refractivity contribution in [1.29, 1.82) is 0 Å². The standard InChI is InChI=1S/C15H11ClN2O2S/c1-8(19)13-6-11-12(7-18-15(17)14(11)21-13)20-10-4-2-9(16)3-5-10/h2-7H,1H3,(H2,17,18). The van der Waals surface area contributed by atoms with Crippen LogP contribution in [0.3, 0.4) is 0 Å². The van der Waals surface area contributed by atoms with Crippen LogP contribution < -0.4 is 10.5 Å². The van der Waals surface area contributed by atoms with Crippen LogP contribution in [0.2, 0.25) is 5.02 Å². The van der Waals surface area contributed by atoms with E-state index in [4.69, 9.17) is 22.1 Å². The molecule has 3 aromatic rings. The molecule has 0 aliphatic heterocycles. The number of ether oxygens (including phenoxy) is 1. The zero-order valence-electron chi connectivity index (χ0n) is 11.1. The number of carbonyl (C=O) groups is 1. The first kappa shape index (κ1) is 13.9. The van der Waals surface area contributed by atoms with E-state index in [0.29, 0.717) is 27.2 Å². The lowest BCUT2D eigenvalue weighted by Gasteiger charge is -2.07. The van der Waals surface area contributed by atoms with Gasteiger partial charge in [0.15, 0.2) is 11.5 Å². The number of Topliss-reactive ketones (excluding diaryl/α,β-unsaturated/α-hetero) is 1. The van der Waals surface area contributed by atoms with E-state index in [1.54, 1.807) is 36.5 Å². The average Bonchev–Trinajstić information content (AvgIpc) is 2.91. The molecule has 0 aliphatic rings. The number of carbonyl (C=O) groups excluding carboxylic acids is 1. The number of pyridine rings is 1. The molecule has 4 nitrogen and oxygen atoms in total. The molecule has 2 aromatic heterocycles. The summed E-state index contributed by atoms with van der Waals surface area (Å²) in [6.45, 7) is 1.52. The number of nitrogens with zero attached hydrogens (tertiary/aromatic N) is 1. The highest BCUT2D eigenvalue weighted by molar-refractivity contribution is 7.21. The largest absolute Gasteiger partial charge is 0.455 e. The van der Waals surface area contributed by atoms with Gasteiger partial charge >= 0.3 is 0 Å². The predicted molar refractivity (Wildman–Crippen MR) is 85.6 cm³/mol. The quantitative estimate of drug-likeness (QED) is 0.721. The van der Waals surface area contributed by atoms with Gasteiger partial charge in [-0.3, -0.25) is 4.79 Å². The average molecular weight is 319 g/mol. The molecule has 0 spiro atoms. The van der Waals surface area contributed by atoms with E-state index in [-0.39, 0.29) is 5.78 Å². The van der Waals surface area contributed by atoms with Gasteiger partial charge in [-0.1, -0.05) is 11.6 Å². The summed E-state index contributed by atoms with van der Waals surface area (Å²) in [6, 6.07) is 8.80. The molecule has 2 heterocycles. The highest BCUT2D eigenvalue weighted by Gasteiger charge is 2.14. The van der Waals surface area contributed by atoms with E-state index >= 15 is 0 Å². The molecule has 0 saturated carbocycles. The first-order chi connectivity index (χ1) is 10.0. The molecule has 0 amide bonds. The van der Waals surface area contributed by atoms with Crippen LogP contribution in [0.1, 0.15) is 16.6 Å². The minimum Gasteiger partial charge on any atom is -0.455 e. The zero-order chi connectivity index (χ0) is 15.0. The molecular weight excluding hydrogens is 308 g/mol. The summed E-state index contributed by atoms with van der Waals surface area (Å²) in [5.74, 6) is 1.59. The molecule has 0 saturated heterocycles. The Morgan fingerprint density at radius 2 is 2.05 bits per heavy atom. The van der Waals surface area contributed by atoms with E-state index < -0.39 is 0 Å². The Bertz CT molecular complexity index is 828. The summed E-state index contributed by atoms with van der Waals surface area (Å²) >= 11 is 7.17. The highest BCUT2D eigenvalue weighted by atomic mass is 35.5. The maximum Gasteiger partial charge on any atom is 0.169 e. The van der Waals surface area contributed by atoms with Crippen molar-refractivity contribution in [2.75, 3.05) is 5.73 Å². The summed E-state index contributed by atoms with van der Waals surface area (Å²) in [6.07, 6.45) is 1.56. The molecule has 106 valence electrons. The second kappa shape index (κ2) is 5.35. The van der Waals surface area contributed by atoms with Crippen molar-refractivity contribution in [2.45, 2.75) is 6.92 Å². The van der Waals surface area contributed by atoms with Crippen LogP contribution in [-0.4, -0.2) is 10.8 Å². The number of nitrogens with two attached hydrogens (primary N) is 1. The lowest BCUT2D eigenvalue weighted by atomic mass is 10.2. The van der Waals surface area contributed by atoms with Crippen molar-refractivity contribution in [3.05, 3.63) is 46.4 Å². The molecule has 0 bridgehead atoms. The fourth-order valence-corrected chi connectivity index (χ4v) is 3.00. The van der Waals surface area contributed by atoms with Gasteiger partial charge in [0.25, 0.3) is 0 Å². The highest BCUT2D eigenvalue weighted by Crippen LogP contribution is 2.37. The maximum absolute atomic E-state index is 11.5. The molecule has 21 heavy (non-hydrogen) atoms. The molecule has 0 aliphatic carbocycles. The van der Waals surface area contributed by atoms with Crippen molar-refractivity contribution < 1.29 is 9.53 Å². The van der Waals surface area contributed by atoms with Crippen molar-refractivity contribution in [3.63, 3.8) is 0 Å². The topological polar surface area (TPSA) is 65.2 Å². The summed E-state index contributed by atoms with van der Waals surface area (Å²) < 4.78 is 6.57. The lowest BCUT2D eigenvalue weighted by Crippen LogP contribution is -1.91. The van der Waals surface area contributed by atoms with Crippen LogP contribution in [0, 0.1) is 0 Å². The number of anilines is 1. The first-order valence-corrected chi connectivity index (χ1v) is 7.36. The third-order valence-electron chi connectivity index (χ3n) is 2.94. The van der Waals surface area contributed by atoms with Gasteiger partial charge in [0.1, 0.15) is 11.6 Å². The molecule has 1 aromatic carbocycles. The fraction of sp³-hybridized carbons (Fsp3) is 0.0667. The molecule has 3 rings (SSSR count). The number of aromatic nitrogens is 1. The van der Waals surface area contributed by atoms with Gasteiger partial charge in [0.05, 0.1) is 15.8 Å². The van der Waals surface area contributed by atoms with Crippen LogP contribution in [0.5, 0.6) is 11.5 Å².